The van der Waals surface area contributed by atoms with Crippen molar-refractivity contribution < 1.29 is 18.3 Å². The summed E-state index contributed by atoms with van der Waals surface area (Å²) in [6.07, 6.45) is 2.64. The molecule has 7 nitrogen and oxygen atoms in total. The molecule has 3 aromatic rings. The normalized spacial score (nSPS) is 17.1. The fraction of sp³-hybridized carbons (Fsp3) is 0.278. The third-order valence-corrected chi connectivity index (χ3v) is 5.57. The van der Waals surface area contributed by atoms with Crippen LogP contribution in [0.1, 0.15) is 33.4 Å². The highest BCUT2D eigenvalue weighted by Gasteiger charge is 2.59. The summed E-state index contributed by atoms with van der Waals surface area (Å²) in [7, 11) is 1.48. The summed E-state index contributed by atoms with van der Waals surface area (Å²) in [6, 6.07) is 3.31. The topological polar surface area (TPSA) is 89.9 Å². The lowest BCUT2D eigenvalue weighted by molar-refractivity contribution is 0.102. The lowest BCUT2D eigenvalue weighted by atomic mass is 10.0. The maximum absolute atomic E-state index is 13.2. The third kappa shape index (κ3) is 3.90. The number of anilines is 1. The Morgan fingerprint density at radius 3 is 2.72 bits per heavy atom. The molecular weight excluding hydrogens is 424 g/mol. The van der Waals surface area contributed by atoms with Crippen LogP contribution in [0.5, 0.6) is 5.75 Å². The number of ether oxygens (including phenoxy) is 1. The number of carbonyl (C=O) groups is 1. The van der Waals surface area contributed by atoms with Gasteiger partial charge < -0.3 is 4.74 Å². The lowest BCUT2D eigenvalue weighted by Gasteiger charge is -2.13. The van der Waals surface area contributed by atoms with Gasteiger partial charge >= 0.3 is 0 Å². The summed E-state index contributed by atoms with van der Waals surface area (Å²) >= 11 is 6.96. The van der Waals surface area contributed by atoms with Gasteiger partial charge in [0.2, 0.25) is 5.13 Å². The van der Waals surface area contributed by atoms with Crippen molar-refractivity contribution in [1.29, 1.82) is 0 Å². The fourth-order valence-electron chi connectivity index (χ4n) is 2.83. The highest BCUT2D eigenvalue weighted by Crippen LogP contribution is 2.56. The molecule has 1 aliphatic carbocycles. The third-order valence-electron chi connectivity index (χ3n) is 4.41. The van der Waals surface area contributed by atoms with Crippen LogP contribution in [0.3, 0.4) is 0 Å². The summed E-state index contributed by atoms with van der Waals surface area (Å²) < 4.78 is 31.8. The van der Waals surface area contributed by atoms with Crippen molar-refractivity contribution in [2.24, 2.45) is 0 Å². The molecule has 0 radical (unpaired) electrons. The summed E-state index contributed by atoms with van der Waals surface area (Å²) in [5, 5.41) is 10.8. The standard InChI is InChI=1S/C18H14ClF2N5O2S/c1-8-3-9(10-4-14(19)23-7-13(10)28-2)11(6-22-8)15(27)24-17-26-25-16(29-17)12-5-18(12,20)21/h3-4,6-7,12H,5H2,1-2H3,(H,24,26,27). The Bertz CT molecular complexity index is 1110. The molecule has 29 heavy (non-hydrogen) atoms. The van der Waals surface area contributed by atoms with Crippen molar-refractivity contribution in [1.82, 2.24) is 20.2 Å². The van der Waals surface area contributed by atoms with Crippen LogP contribution in [0.15, 0.2) is 24.5 Å². The zero-order chi connectivity index (χ0) is 20.8. The Balaban J connectivity index is 1.66. The first-order valence-corrected chi connectivity index (χ1v) is 9.67. The predicted octanol–water partition coefficient (Wildman–Crippen LogP) is 4.34. The van der Waals surface area contributed by atoms with Gasteiger partial charge in [-0.15, -0.1) is 10.2 Å². The van der Waals surface area contributed by atoms with Gasteiger partial charge in [0.1, 0.15) is 15.9 Å². The number of pyridine rings is 2. The quantitative estimate of drug-likeness (QED) is 0.597. The van der Waals surface area contributed by atoms with Crippen LogP contribution in [-0.2, 0) is 0 Å². The van der Waals surface area contributed by atoms with E-state index >= 15 is 0 Å². The highest BCUT2D eigenvalue weighted by molar-refractivity contribution is 7.15. The molecule has 4 rings (SSSR count). The number of nitrogens with zero attached hydrogens (tertiary/aromatic N) is 4. The van der Waals surface area contributed by atoms with Crippen LogP contribution in [-0.4, -0.2) is 39.1 Å². The monoisotopic (exact) mass is 437 g/mol. The zero-order valence-corrected chi connectivity index (χ0v) is 16.8. The maximum Gasteiger partial charge on any atom is 0.259 e. The molecule has 1 atom stereocenters. The van der Waals surface area contributed by atoms with Crippen molar-refractivity contribution in [3.8, 4) is 16.9 Å². The number of alkyl halides is 2. The molecule has 0 aromatic carbocycles. The average Bonchev–Trinajstić information content (AvgIpc) is 3.09. The molecule has 1 saturated carbocycles. The van der Waals surface area contributed by atoms with E-state index in [1.165, 1.54) is 19.5 Å². The van der Waals surface area contributed by atoms with Gasteiger partial charge in [0.05, 0.1) is 24.8 Å². The molecule has 0 aliphatic heterocycles. The fourth-order valence-corrected chi connectivity index (χ4v) is 3.89. The van der Waals surface area contributed by atoms with Gasteiger partial charge in [-0.05, 0) is 19.1 Å². The largest absolute Gasteiger partial charge is 0.494 e. The second-order valence-electron chi connectivity index (χ2n) is 6.50. The maximum atomic E-state index is 13.2. The summed E-state index contributed by atoms with van der Waals surface area (Å²) in [6.45, 7) is 1.79. The highest BCUT2D eigenvalue weighted by atomic mass is 35.5. The molecule has 1 aliphatic rings. The number of halogens is 3. The van der Waals surface area contributed by atoms with Crippen molar-refractivity contribution >= 4 is 34.0 Å². The van der Waals surface area contributed by atoms with E-state index in [-0.39, 0.29) is 27.3 Å². The molecule has 1 unspecified atom stereocenters. The van der Waals surface area contributed by atoms with Crippen LogP contribution in [0.4, 0.5) is 13.9 Å². The summed E-state index contributed by atoms with van der Waals surface area (Å²) in [5.41, 5.74) is 2.03. The van der Waals surface area contributed by atoms with Crippen molar-refractivity contribution in [3.63, 3.8) is 0 Å². The summed E-state index contributed by atoms with van der Waals surface area (Å²) in [4.78, 5) is 21.0. The van der Waals surface area contributed by atoms with Crippen molar-refractivity contribution in [2.45, 2.75) is 25.2 Å². The number of carbonyl (C=O) groups excluding carboxylic acids is 1. The molecule has 150 valence electrons. The summed E-state index contributed by atoms with van der Waals surface area (Å²) in [5.74, 6) is -3.74. The molecule has 3 heterocycles. The van der Waals surface area contributed by atoms with Crippen molar-refractivity contribution in [2.75, 3.05) is 12.4 Å². The van der Waals surface area contributed by atoms with E-state index in [1.54, 1.807) is 19.1 Å². The number of rotatable bonds is 5. The first kappa shape index (κ1) is 19.6. The number of nitrogens with one attached hydrogen (secondary N) is 1. The van der Waals surface area contributed by atoms with E-state index in [9.17, 15) is 13.6 Å². The minimum Gasteiger partial charge on any atom is -0.494 e. The SMILES string of the molecule is COc1cnc(Cl)cc1-c1cc(C)ncc1C(=O)Nc1nnc(C2CC2(F)F)s1. The Morgan fingerprint density at radius 1 is 1.28 bits per heavy atom. The number of aryl methyl sites for hydroxylation is 1. The van der Waals surface area contributed by atoms with E-state index in [0.717, 1.165) is 11.3 Å². The van der Waals surface area contributed by atoms with Crippen LogP contribution >= 0.6 is 22.9 Å². The first-order chi connectivity index (χ1) is 13.8. The minimum absolute atomic E-state index is 0.138. The molecular formula is C18H14ClF2N5O2S. The van der Waals surface area contributed by atoms with Crippen LogP contribution in [0.2, 0.25) is 5.15 Å². The number of hydrogen-bond acceptors (Lipinski definition) is 7. The van der Waals surface area contributed by atoms with E-state index in [1.807, 2.05) is 0 Å². The molecule has 0 spiro atoms. The number of aromatic nitrogens is 4. The Hall–Kier alpha value is -2.72. The van der Waals surface area contributed by atoms with Crippen LogP contribution in [0.25, 0.3) is 11.1 Å². The molecule has 0 bridgehead atoms. The molecule has 0 saturated heterocycles. The van der Waals surface area contributed by atoms with Crippen LogP contribution < -0.4 is 10.1 Å². The van der Waals surface area contributed by atoms with Gasteiger partial charge in [0.15, 0.2) is 0 Å². The van der Waals surface area contributed by atoms with Gasteiger partial charge in [-0.2, -0.15) is 0 Å². The first-order valence-electron chi connectivity index (χ1n) is 8.47. The van der Waals surface area contributed by atoms with E-state index < -0.39 is 17.7 Å². The Morgan fingerprint density at radius 2 is 2.03 bits per heavy atom. The van der Waals surface area contributed by atoms with E-state index in [2.05, 4.69) is 25.5 Å². The second-order valence-corrected chi connectivity index (χ2v) is 7.89. The van der Waals surface area contributed by atoms with Gasteiger partial charge in [-0.1, -0.05) is 22.9 Å². The number of amides is 1. The molecule has 11 heteroatoms. The van der Waals surface area contributed by atoms with Gasteiger partial charge in [0.25, 0.3) is 11.8 Å². The average molecular weight is 438 g/mol. The van der Waals surface area contributed by atoms with E-state index in [4.69, 9.17) is 16.3 Å². The second kappa shape index (κ2) is 7.27. The van der Waals surface area contributed by atoms with E-state index in [0.29, 0.717) is 22.6 Å². The van der Waals surface area contributed by atoms with Gasteiger partial charge in [-0.3, -0.25) is 15.1 Å². The van der Waals surface area contributed by atoms with Crippen molar-refractivity contribution in [3.05, 3.63) is 45.9 Å². The molecule has 1 amide bonds. The number of hydrogen-bond donors (Lipinski definition) is 1. The van der Waals surface area contributed by atoms with Crippen LogP contribution in [0, 0.1) is 6.92 Å². The molecule has 1 N–H and O–H groups in total. The molecule has 1 fully saturated rings. The Kier molecular flexibility index (Phi) is 4.91. The minimum atomic E-state index is -2.74. The van der Waals surface area contributed by atoms with Gasteiger partial charge in [-0.25, -0.2) is 13.8 Å². The zero-order valence-electron chi connectivity index (χ0n) is 15.2. The Labute approximate surface area is 173 Å². The number of methoxy groups -OCH3 is 1. The lowest BCUT2D eigenvalue weighted by Crippen LogP contribution is -2.14. The smallest absolute Gasteiger partial charge is 0.259 e. The van der Waals surface area contributed by atoms with Gasteiger partial charge in [0, 0.05) is 29.4 Å². The molecule has 3 aromatic heterocycles. The predicted molar refractivity (Wildman–Crippen MR) is 104 cm³/mol.